The predicted octanol–water partition coefficient (Wildman–Crippen LogP) is 4.33. The molecule has 7 heteroatoms. The summed E-state index contributed by atoms with van der Waals surface area (Å²) < 4.78 is 17.0. The van der Waals surface area contributed by atoms with Gasteiger partial charge in [-0.1, -0.05) is 12.2 Å². The average molecular weight is 389 g/mol. The van der Waals surface area contributed by atoms with Crippen molar-refractivity contribution in [1.82, 2.24) is 4.90 Å². The molecule has 0 aliphatic carbocycles. The number of methoxy groups -OCH3 is 1. The molecule has 0 N–H and O–H groups in total. The van der Waals surface area contributed by atoms with Crippen LogP contribution in [0.5, 0.6) is 5.75 Å². The molecule has 1 fully saturated rings. The maximum Gasteiger partial charge on any atom is 0.270 e. The lowest BCUT2D eigenvalue weighted by atomic mass is 10.1. The molecule has 1 aliphatic heterocycles. The van der Waals surface area contributed by atoms with Crippen molar-refractivity contribution in [3.05, 3.63) is 41.9 Å². The SMILES string of the molecule is CCN1C(=S)O/C(=C\c2ccc(-c3ccc(N(C)C)cc3OC)o2)C1=S. The van der Waals surface area contributed by atoms with Crippen molar-refractivity contribution in [2.24, 2.45) is 0 Å². The van der Waals surface area contributed by atoms with E-state index in [1.807, 2.05) is 56.3 Å². The van der Waals surface area contributed by atoms with E-state index in [0.29, 0.717) is 34.0 Å². The van der Waals surface area contributed by atoms with Crippen LogP contribution in [0.4, 0.5) is 5.69 Å². The molecule has 3 rings (SSSR count). The van der Waals surface area contributed by atoms with Crippen LogP contribution in [-0.4, -0.2) is 42.8 Å². The van der Waals surface area contributed by atoms with Gasteiger partial charge in [-0.2, -0.15) is 0 Å². The largest absolute Gasteiger partial charge is 0.496 e. The molecule has 5 nitrogen and oxygen atoms in total. The van der Waals surface area contributed by atoms with Crippen LogP contribution in [0.15, 0.2) is 40.5 Å². The zero-order valence-electron chi connectivity index (χ0n) is 15.1. The highest BCUT2D eigenvalue weighted by molar-refractivity contribution is 7.82. The van der Waals surface area contributed by atoms with E-state index in [1.165, 1.54) is 0 Å². The predicted molar refractivity (Wildman–Crippen MR) is 112 cm³/mol. The first-order valence-corrected chi connectivity index (χ1v) is 8.97. The Morgan fingerprint density at radius 2 is 1.96 bits per heavy atom. The van der Waals surface area contributed by atoms with Crippen LogP contribution in [0, 0.1) is 0 Å². The molecule has 26 heavy (non-hydrogen) atoms. The number of nitrogens with zero attached hydrogens (tertiary/aromatic N) is 2. The second kappa shape index (κ2) is 7.47. The molecule has 1 saturated heterocycles. The van der Waals surface area contributed by atoms with Gasteiger partial charge in [-0.15, -0.1) is 0 Å². The number of hydrogen-bond donors (Lipinski definition) is 0. The van der Waals surface area contributed by atoms with Crippen LogP contribution in [0.3, 0.4) is 0 Å². The number of benzene rings is 1. The molecule has 1 aromatic heterocycles. The fourth-order valence-electron chi connectivity index (χ4n) is 2.64. The average Bonchev–Trinajstić information content (AvgIpc) is 3.19. The molecular weight excluding hydrogens is 368 g/mol. The summed E-state index contributed by atoms with van der Waals surface area (Å²) in [6.45, 7) is 2.65. The number of thiocarbonyl (C=S) groups is 2. The first-order chi connectivity index (χ1) is 12.4. The lowest BCUT2D eigenvalue weighted by Crippen LogP contribution is -2.26. The zero-order chi connectivity index (χ0) is 18.8. The fourth-order valence-corrected chi connectivity index (χ4v) is 3.32. The van der Waals surface area contributed by atoms with E-state index in [4.69, 9.17) is 38.3 Å². The summed E-state index contributed by atoms with van der Waals surface area (Å²) in [5.74, 6) is 2.62. The molecule has 0 radical (unpaired) electrons. The minimum atomic E-state index is 0.372. The van der Waals surface area contributed by atoms with Gasteiger partial charge >= 0.3 is 0 Å². The summed E-state index contributed by atoms with van der Waals surface area (Å²) >= 11 is 10.6. The van der Waals surface area contributed by atoms with Crippen LogP contribution >= 0.6 is 24.4 Å². The summed E-state index contributed by atoms with van der Waals surface area (Å²) in [7, 11) is 5.62. The van der Waals surface area contributed by atoms with E-state index in [2.05, 4.69) is 0 Å². The fraction of sp³-hybridized carbons (Fsp3) is 0.263. The number of likely N-dealkylation sites (N-methyl/N-ethyl adjacent to an activating group) is 1. The normalized spacial score (nSPS) is 15.5. The van der Waals surface area contributed by atoms with Gasteiger partial charge in [0.1, 0.15) is 17.3 Å². The van der Waals surface area contributed by atoms with Gasteiger partial charge in [0.05, 0.1) is 12.7 Å². The standard InChI is InChI=1S/C19H20N2O3S2/c1-5-21-18(25)17(24-19(21)26)11-13-7-9-15(23-13)14-8-6-12(20(2)3)10-16(14)22-4/h6-11H,5H2,1-4H3/b17-11-. The highest BCUT2D eigenvalue weighted by Gasteiger charge is 2.28. The Hall–Kier alpha value is -2.38. The Balaban J connectivity index is 1.90. The lowest BCUT2D eigenvalue weighted by Gasteiger charge is -2.15. The topological polar surface area (TPSA) is 38.1 Å². The van der Waals surface area contributed by atoms with Crippen molar-refractivity contribution in [1.29, 1.82) is 0 Å². The van der Waals surface area contributed by atoms with Crippen molar-refractivity contribution in [3.8, 4) is 17.1 Å². The maximum absolute atomic E-state index is 5.96. The Bertz CT molecular complexity index is 887. The van der Waals surface area contributed by atoms with Crippen LogP contribution in [0.1, 0.15) is 12.7 Å². The van der Waals surface area contributed by atoms with Gasteiger partial charge in [0.2, 0.25) is 0 Å². The molecule has 0 amide bonds. The highest BCUT2D eigenvalue weighted by Crippen LogP contribution is 2.35. The van der Waals surface area contributed by atoms with Crippen LogP contribution in [0.2, 0.25) is 0 Å². The minimum Gasteiger partial charge on any atom is -0.496 e. The molecule has 0 atom stereocenters. The summed E-state index contributed by atoms with van der Waals surface area (Å²) in [6, 6.07) is 9.74. The first-order valence-electron chi connectivity index (χ1n) is 8.15. The smallest absolute Gasteiger partial charge is 0.270 e. The molecule has 0 bridgehead atoms. The molecule has 0 unspecified atom stereocenters. The van der Waals surface area contributed by atoms with E-state index in [0.717, 1.165) is 17.0 Å². The summed E-state index contributed by atoms with van der Waals surface area (Å²) in [6.07, 6.45) is 1.76. The molecule has 2 heterocycles. The van der Waals surface area contributed by atoms with Crippen molar-refractivity contribution in [2.75, 3.05) is 32.6 Å². The quantitative estimate of drug-likeness (QED) is 0.558. The second-order valence-electron chi connectivity index (χ2n) is 5.91. The molecule has 136 valence electrons. The Labute approximate surface area is 163 Å². The number of furan rings is 1. The van der Waals surface area contributed by atoms with E-state index in [-0.39, 0.29) is 0 Å². The van der Waals surface area contributed by atoms with Crippen molar-refractivity contribution in [3.63, 3.8) is 0 Å². The van der Waals surface area contributed by atoms with Gasteiger partial charge in [0, 0.05) is 38.5 Å². The van der Waals surface area contributed by atoms with Crippen LogP contribution in [0.25, 0.3) is 17.4 Å². The molecule has 2 aromatic rings. The molecule has 0 spiro atoms. The van der Waals surface area contributed by atoms with E-state index >= 15 is 0 Å². The van der Waals surface area contributed by atoms with E-state index in [9.17, 15) is 0 Å². The second-order valence-corrected chi connectivity index (χ2v) is 6.64. The summed E-state index contributed by atoms with van der Waals surface area (Å²) in [5, 5.41) is 0.372. The lowest BCUT2D eigenvalue weighted by molar-refractivity contribution is 0.414. The molecule has 1 aliphatic rings. The van der Waals surface area contributed by atoms with Gasteiger partial charge in [-0.25, -0.2) is 0 Å². The molecule has 0 saturated carbocycles. The molecular formula is C19H20N2O3S2. The van der Waals surface area contributed by atoms with Crippen molar-refractivity contribution >= 4 is 46.4 Å². The van der Waals surface area contributed by atoms with E-state index < -0.39 is 0 Å². The van der Waals surface area contributed by atoms with E-state index in [1.54, 1.807) is 18.1 Å². The third kappa shape index (κ3) is 3.45. The number of anilines is 1. The van der Waals surface area contributed by atoms with Gasteiger partial charge in [0.25, 0.3) is 5.17 Å². The van der Waals surface area contributed by atoms with Gasteiger partial charge < -0.3 is 18.8 Å². The Morgan fingerprint density at radius 1 is 1.19 bits per heavy atom. The minimum absolute atomic E-state index is 0.372. The number of rotatable bonds is 5. The first kappa shape index (κ1) is 18.4. The molecule has 1 aromatic carbocycles. The Morgan fingerprint density at radius 3 is 2.58 bits per heavy atom. The summed E-state index contributed by atoms with van der Waals surface area (Å²) in [4.78, 5) is 4.36. The zero-order valence-corrected chi connectivity index (χ0v) is 16.7. The van der Waals surface area contributed by atoms with Crippen molar-refractivity contribution < 1.29 is 13.9 Å². The Kier molecular flexibility index (Phi) is 5.29. The van der Waals surface area contributed by atoms with Gasteiger partial charge in [-0.3, -0.25) is 4.90 Å². The van der Waals surface area contributed by atoms with Crippen LogP contribution < -0.4 is 9.64 Å². The van der Waals surface area contributed by atoms with Gasteiger partial charge in [-0.05, 0) is 43.4 Å². The third-order valence-electron chi connectivity index (χ3n) is 4.06. The maximum atomic E-state index is 5.96. The highest BCUT2D eigenvalue weighted by atomic mass is 32.1. The number of hydrogen-bond acceptors (Lipinski definition) is 6. The third-order valence-corrected chi connectivity index (χ3v) is 4.78. The summed E-state index contributed by atoms with van der Waals surface area (Å²) in [5.41, 5.74) is 1.93. The van der Waals surface area contributed by atoms with Gasteiger partial charge in [0.15, 0.2) is 10.7 Å². The number of ether oxygens (including phenoxy) is 2. The van der Waals surface area contributed by atoms with Crippen molar-refractivity contribution in [2.45, 2.75) is 6.92 Å². The van der Waals surface area contributed by atoms with Crippen LogP contribution in [-0.2, 0) is 4.74 Å². The monoisotopic (exact) mass is 388 g/mol.